The highest BCUT2D eigenvalue weighted by Gasteiger charge is 2.20. The van der Waals surface area contributed by atoms with Gasteiger partial charge in [0.15, 0.2) is 0 Å². The molecule has 1 aliphatic rings. The summed E-state index contributed by atoms with van der Waals surface area (Å²) in [7, 11) is 0. The highest BCUT2D eigenvalue weighted by atomic mass is 14.9. The minimum Gasteiger partial charge on any atom is -0.311 e. The molecule has 0 aromatic heterocycles. The molecule has 1 nitrogen and oxygen atoms in total. The predicted octanol–water partition coefficient (Wildman–Crippen LogP) is 3.90. The molecule has 0 bridgehead atoms. The van der Waals surface area contributed by atoms with Crippen molar-refractivity contribution in [1.29, 1.82) is 0 Å². The molecule has 3 atom stereocenters. The van der Waals surface area contributed by atoms with Crippen molar-refractivity contribution in [3.8, 4) is 0 Å². The number of rotatable bonds is 5. The highest BCUT2D eigenvalue weighted by Crippen LogP contribution is 2.23. The Morgan fingerprint density at radius 2 is 2.07 bits per heavy atom. The number of nitrogens with one attached hydrogen (secondary N) is 1. The summed E-state index contributed by atoms with van der Waals surface area (Å²) in [6.45, 7) is 8.49. The van der Waals surface area contributed by atoms with Gasteiger partial charge in [0.2, 0.25) is 0 Å². The monoisotopic (exact) mass is 209 g/mol. The van der Waals surface area contributed by atoms with Gasteiger partial charge in [0.1, 0.15) is 0 Å². The molecule has 3 unspecified atom stereocenters. The van der Waals surface area contributed by atoms with Crippen LogP contribution in [0.2, 0.25) is 0 Å². The molecule has 0 heterocycles. The van der Waals surface area contributed by atoms with E-state index in [4.69, 9.17) is 0 Å². The zero-order chi connectivity index (χ0) is 11.1. The lowest BCUT2D eigenvalue weighted by Crippen LogP contribution is -2.40. The molecular formula is C14H27N. The summed E-state index contributed by atoms with van der Waals surface area (Å²) in [5, 5.41) is 3.80. The summed E-state index contributed by atoms with van der Waals surface area (Å²) in [6.07, 6.45) is 11.4. The van der Waals surface area contributed by atoms with E-state index < -0.39 is 0 Å². The van der Waals surface area contributed by atoms with E-state index in [1.165, 1.54) is 38.5 Å². The summed E-state index contributed by atoms with van der Waals surface area (Å²) in [6, 6.07) is 1.40. The van der Waals surface area contributed by atoms with Crippen molar-refractivity contribution < 1.29 is 0 Å². The van der Waals surface area contributed by atoms with Crippen LogP contribution in [0.4, 0.5) is 0 Å². The maximum absolute atomic E-state index is 3.80. The summed E-state index contributed by atoms with van der Waals surface area (Å²) in [5.74, 6) is 0.860. The van der Waals surface area contributed by atoms with E-state index in [0.717, 1.165) is 18.4 Å². The minimum absolute atomic E-state index is 0.647. The van der Waals surface area contributed by atoms with Crippen molar-refractivity contribution in [3.05, 3.63) is 12.7 Å². The maximum atomic E-state index is 3.80. The molecule has 1 rings (SSSR count). The van der Waals surface area contributed by atoms with Crippen molar-refractivity contribution in [1.82, 2.24) is 5.32 Å². The predicted molar refractivity (Wildman–Crippen MR) is 68.1 cm³/mol. The Morgan fingerprint density at radius 3 is 2.80 bits per heavy atom. The van der Waals surface area contributed by atoms with Gasteiger partial charge in [-0.1, -0.05) is 32.3 Å². The van der Waals surface area contributed by atoms with Gasteiger partial charge in [0.05, 0.1) is 0 Å². The second-order valence-electron chi connectivity index (χ2n) is 5.16. The fourth-order valence-corrected chi connectivity index (χ4v) is 2.56. The van der Waals surface area contributed by atoms with E-state index in [1.54, 1.807) is 0 Å². The van der Waals surface area contributed by atoms with E-state index >= 15 is 0 Å². The summed E-state index contributed by atoms with van der Waals surface area (Å²) in [4.78, 5) is 0. The van der Waals surface area contributed by atoms with E-state index in [2.05, 4.69) is 25.7 Å². The van der Waals surface area contributed by atoms with Gasteiger partial charge < -0.3 is 5.32 Å². The molecule has 0 aromatic rings. The summed E-state index contributed by atoms with van der Waals surface area (Å²) >= 11 is 0. The van der Waals surface area contributed by atoms with Crippen LogP contribution in [0.1, 0.15) is 58.8 Å². The largest absolute Gasteiger partial charge is 0.311 e. The molecule has 1 heteroatoms. The maximum Gasteiger partial charge on any atom is 0.00951 e. The van der Waals surface area contributed by atoms with Crippen molar-refractivity contribution >= 4 is 0 Å². The normalized spacial score (nSPS) is 29.5. The molecular weight excluding hydrogens is 182 g/mol. The second kappa shape index (κ2) is 7.05. The molecule has 0 radical (unpaired) electrons. The van der Waals surface area contributed by atoms with Crippen LogP contribution in [0.5, 0.6) is 0 Å². The average Bonchev–Trinajstić information content (AvgIpc) is 2.42. The van der Waals surface area contributed by atoms with E-state index in [9.17, 15) is 0 Å². The third kappa shape index (κ3) is 4.83. The zero-order valence-electron chi connectivity index (χ0n) is 10.5. The van der Waals surface area contributed by atoms with Crippen molar-refractivity contribution in [2.45, 2.75) is 70.9 Å². The molecule has 0 amide bonds. The molecule has 1 fully saturated rings. The molecule has 0 aromatic carbocycles. The standard InChI is InChI=1S/C14H27N/c1-4-5-10-13(3)15-14-11-8-6-7-9-12(14)2/h4,12-15H,1,5-11H2,2-3H3. The van der Waals surface area contributed by atoms with Gasteiger partial charge in [-0.3, -0.25) is 0 Å². The van der Waals surface area contributed by atoms with E-state index in [0.29, 0.717) is 6.04 Å². The van der Waals surface area contributed by atoms with Crippen LogP contribution in [0.25, 0.3) is 0 Å². The first kappa shape index (κ1) is 12.8. The molecule has 1 N–H and O–H groups in total. The Balaban J connectivity index is 2.30. The van der Waals surface area contributed by atoms with Gasteiger partial charge in [-0.15, -0.1) is 6.58 Å². The number of allylic oxidation sites excluding steroid dienone is 1. The fraction of sp³-hybridized carbons (Fsp3) is 0.857. The lowest BCUT2D eigenvalue weighted by molar-refractivity contribution is 0.321. The topological polar surface area (TPSA) is 12.0 Å². The van der Waals surface area contributed by atoms with Crippen LogP contribution >= 0.6 is 0 Å². The summed E-state index contributed by atoms with van der Waals surface area (Å²) < 4.78 is 0. The molecule has 1 saturated carbocycles. The lowest BCUT2D eigenvalue weighted by Gasteiger charge is -2.26. The van der Waals surface area contributed by atoms with Gasteiger partial charge in [0.25, 0.3) is 0 Å². The van der Waals surface area contributed by atoms with Crippen LogP contribution < -0.4 is 5.32 Å². The van der Waals surface area contributed by atoms with Gasteiger partial charge in [-0.2, -0.15) is 0 Å². The molecule has 15 heavy (non-hydrogen) atoms. The van der Waals surface area contributed by atoms with Gasteiger partial charge >= 0.3 is 0 Å². The molecule has 1 aliphatic carbocycles. The molecule has 88 valence electrons. The van der Waals surface area contributed by atoms with Crippen molar-refractivity contribution in [2.24, 2.45) is 5.92 Å². The summed E-state index contributed by atoms with van der Waals surface area (Å²) in [5.41, 5.74) is 0. The zero-order valence-corrected chi connectivity index (χ0v) is 10.5. The SMILES string of the molecule is C=CCCC(C)NC1CCCCCC1C. The van der Waals surface area contributed by atoms with E-state index in [1.807, 2.05) is 6.08 Å². The Kier molecular flexibility index (Phi) is 6.00. The fourth-order valence-electron chi connectivity index (χ4n) is 2.56. The second-order valence-corrected chi connectivity index (χ2v) is 5.16. The molecule has 0 saturated heterocycles. The first-order valence-corrected chi connectivity index (χ1v) is 6.61. The Hall–Kier alpha value is -0.300. The van der Waals surface area contributed by atoms with Crippen LogP contribution in [0.3, 0.4) is 0 Å². The van der Waals surface area contributed by atoms with Crippen LogP contribution in [-0.4, -0.2) is 12.1 Å². The molecule has 0 spiro atoms. The van der Waals surface area contributed by atoms with Crippen LogP contribution in [0.15, 0.2) is 12.7 Å². The quantitative estimate of drug-likeness (QED) is 0.535. The Labute approximate surface area is 95.3 Å². The first-order valence-electron chi connectivity index (χ1n) is 6.61. The van der Waals surface area contributed by atoms with Crippen molar-refractivity contribution in [3.63, 3.8) is 0 Å². The minimum atomic E-state index is 0.647. The van der Waals surface area contributed by atoms with Crippen LogP contribution in [0, 0.1) is 5.92 Å². The molecule has 0 aliphatic heterocycles. The average molecular weight is 209 g/mol. The van der Waals surface area contributed by atoms with E-state index in [-0.39, 0.29) is 0 Å². The number of hydrogen-bond acceptors (Lipinski definition) is 1. The lowest BCUT2D eigenvalue weighted by atomic mass is 9.96. The van der Waals surface area contributed by atoms with Crippen LogP contribution in [-0.2, 0) is 0 Å². The number of hydrogen-bond donors (Lipinski definition) is 1. The third-order valence-corrected chi connectivity index (χ3v) is 3.66. The Morgan fingerprint density at radius 1 is 1.33 bits per heavy atom. The first-order chi connectivity index (χ1) is 7.24. The highest BCUT2D eigenvalue weighted by molar-refractivity contribution is 4.80. The van der Waals surface area contributed by atoms with Gasteiger partial charge in [-0.25, -0.2) is 0 Å². The third-order valence-electron chi connectivity index (χ3n) is 3.66. The smallest absolute Gasteiger partial charge is 0.00951 e. The Bertz CT molecular complexity index is 176. The van der Waals surface area contributed by atoms with Gasteiger partial charge in [0, 0.05) is 12.1 Å². The van der Waals surface area contributed by atoms with Crippen molar-refractivity contribution in [2.75, 3.05) is 0 Å². The van der Waals surface area contributed by atoms with Gasteiger partial charge in [-0.05, 0) is 38.5 Å².